The maximum absolute atomic E-state index is 12.5. The first-order valence-electron chi connectivity index (χ1n) is 7.16. The van der Waals surface area contributed by atoms with Crippen LogP contribution in [-0.2, 0) is 0 Å². The molecule has 0 aliphatic rings. The van der Waals surface area contributed by atoms with E-state index >= 15 is 0 Å². The summed E-state index contributed by atoms with van der Waals surface area (Å²) in [6.07, 6.45) is 1.56. The molecule has 0 spiro atoms. The van der Waals surface area contributed by atoms with E-state index in [4.69, 9.17) is 11.6 Å². The fraction of sp³-hybridized carbons (Fsp3) is 0.111. The Labute approximate surface area is 147 Å². The summed E-state index contributed by atoms with van der Waals surface area (Å²) in [4.78, 5) is 16.5. The molecule has 0 bridgehead atoms. The number of benzene rings is 2. The second-order valence-electron chi connectivity index (χ2n) is 5.26. The number of carbonyl (C=O) groups is 1. The van der Waals surface area contributed by atoms with Crippen LogP contribution in [0.5, 0.6) is 0 Å². The van der Waals surface area contributed by atoms with Crippen LogP contribution in [0.1, 0.15) is 28.9 Å². The van der Waals surface area contributed by atoms with Crippen molar-refractivity contribution in [3.63, 3.8) is 0 Å². The average molecular weight is 390 g/mol. The van der Waals surface area contributed by atoms with Crippen molar-refractivity contribution in [2.45, 2.75) is 13.0 Å². The normalized spacial score (nSPS) is 12.1. The van der Waals surface area contributed by atoms with Gasteiger partial charge in [0.05, 0.1) is 11.6 Å². The zero-order valence-electron chi connectivity index (χ0n) is 12.4. The molecule has 1 amide bonds. The molecule has 1 aromatic heterocycles. The lowest BCUT2D eigenvalue weighted by Gasteiger charge is -2.17. The number of carbonyl (C=O) groups excluding carboxylic acids is 1. The van der Waals surface area contributed by atoms with Gasteiger partial charge in [0.2, 0.25) is 0 Å². The van der Waals surface area contributed by atoms with Gasteiger partial charge in [-0.05, 0) is 45.3 Å². The third kappa shape index (κ3) is 3.38. The lowest BCUT2D eigenvalue weighted by molar-refractivity contribution is 0.0940. The number of halogens is 2. The largest absolute Gasteiger partial charge is 0.345 e. The minimum atomic E-state index is -0.246. The van der Waals surface area contributed by atoms with E-state index in [2.05, 4.69) is 44.4 Å². The van der Waals surface area contributed by atoms with Gasteiger partial charge in [-0.3, -0.25) is 4.79 Å². The molecule has 23 heavy (non-hydrogen) atoms. The maximum atomic E-state index is 12.5. The van der Waals surface area contributed by atoms with Gasteiger partial charge in [0.25, 0.3) is 5.91 Å². The highest BCUT2D eigenvalue weighted by molar-refractivity contribution is 9.10. The Morgan fingerprint density at radius 1 is 1.22 bits per heavy atom. The standard InChI is InChI=1S/C18H14BrClN2O/c1-11(14-8-4-6-12-5-2-3-7-15(12)14)22-18(23)16-9-13(19)10-21-17(16)20/h2-11H,1H3,(H,22,23). The fourth-order valence-electron chi connectivity index (χ4n) is 2.56. The first kappa shape index (κ1) is 16.0. The van der Waals surface area contributed by atoms with Gasteiger partial charge in [0.1, 0.15) is 5.15 Å². The fourth-order valence-corrected chi connectivity index (χ4v) is 3.08. The molecule has 0 fully saturated rings. The Bertz CT molecular complexity index is 877. The van der Waals surface area contributed by atoms with Crippen LogP contribution in [0.15, 0.2) is 59.2 Å². The monoisotopic (exact) mass is 388 g/mol. The van der Waals surface area contributed by atoms with Gasteiger partial charge in [0.15, 0.2) is 0 Å². The molecule has 0 saturated carbocycles. The molecule has 0 aliphatic carbocycles. The summed E-state index contributed by atoms with van der Waals surface area (Å²) in [5.41, 5.74) is 1.42. The molecule has 0 saturated heterocycles. The van der Waals surface area contributed by atoms with Crippen molar-refractivity contribution in [3.8, 4) is 0 Å². The number of aromatic nitrogens is 1. The van der Waals surface area contributed by atoms with Crippen LogP contribution in [0.4, 0.5) is 0 Å². The Hall–Kier alpha value is -1.91. The van der Waals surface area contributed by atoms with Crippen LogP contribution in [-0.4, -0.2) is 10.9 Å². The summed E-state index contributed by atoms with van der Waals surface area (Å²) in [5.74, 6) is -0.246. The summed E-state index contributed by atoms with van der Waals surface area (Å²) in [5, 5.41) is 5.45. The molecule has 1 atom stereocenters. The number of fused-ring (bicyclic) bond motifs is 1. The van der Waals surface area contributed by atoms with Crippen LogP contribution < -0.4 is 5.32 Å². The third-order valence-electron chi connectivity index (χ3n) is 3.69. The molecule has 3 aromatic rings. The minimum absolute atomic E-state index is 0.149. The van der Waals surface area contributed by atoms with Crippen LogP contribution in [0.2, 0.25) is 5.15 Å². The van der Waals surface area contributed by atoms with E-state index in [9.17, 15) is 4.79 Å². The van der Waals surface area contributed by atoms with Crippen LogP contribution in [0, 0.1) is 0 Å². The Morgan fingerprint density at radius 3 is 2.78 bits per heavy atom. The highest BCUT2D eigenvalue weighted by Gasteiger charge is 2.16. The van der Waals surface area contributed by atoms with Crippen molar-refractivity contribution in [3.05, 3.63) is 75.5 Å². The topological polar surface area (TPSA) is 42.0 Å². The quantitative estimate of drug-likeness (QED) is 0.630. The molecule has 3 nitrogen and oxygen atoms in total. The van der Waals surface area contributed by atoms with Gasteiger partial charge in [-0.15, -0.1) is 0 Å². The predicted molar refractivity (Wildman–Crippen MR) is 96.8 cm³/mol. The Morgan fingerprint density at radius 2 is 1.96 bits per heavy atom. The number of hydrogen-bond donors (Lipinski definition) is 1. The van der Waals surface area contributed by atoms with Gasteiger partial charge >= 0.3 is 0 Å². The molecular formula is C18H14BrClN2O. The Balaban J connectivity index is 1.90. The second kappa shape index (κ2) is 6.69. The highest BCUT2D eigenvalue weighted by atomic mass is 79.9. The number of rotatable bonds is 3. The smallest absolute Gasteiger partial charge is 0.254 e. The number of hydrogen-bond acceptors (Lipinski definition) is 2. The molecule has 3 rings (SSSR count). The molecule has 0 aliphatic heterocycles. The van der Waals surface area contributed by atoms with Crippen LogP contribution in [0.3, 0.4) is 0 Å². The number of nitrogens with zero attached hydrogens (tertiary/aromatic N) is 1. The average Bonchev–Trinajstić information content (AvgIpc) is 2.56. The van der Waals surface area contributed by atoms with Crippen LogP contribution >= 0.6 is 27.5 Å². The summed E-state index contributed by atoms with van der Waals surface area (Å²) >= 11 is 9.33. The van der Waals surface area contributed by atoms with E-state index < -0.39 is 0 Å². The summed E-state index contributed by atoms with van der Waals surface area (Å²) in [6.45, 7) is 1.96. The third-order valence-corrected chi connectivity index (χ3v) is 4.42. The van der Waals surface area contributed by atoms with Crippen molar-refractivity contribution in [1.82, 2.24) is 10.3 Å². The summed E-state index contributed by atoms with van der Waals surface area (Å²) < 4.78 is 0.713. The van der Waals surface area contributed by atoms with E-state index in [0.29, 0.717) is 10.0 Å². The number of amides is 1. The summed E-state index contributed by atoms with van der Waals surface area (Å²) in [6, 6.07) is 15.7. The van der Waals surface area contributed by atoms with E-state index in [1.807, 2.05) is 31.2 Å². The van der Waals surface area contributed by atoms with Crippen molar-refractivity contribution in [1.29, 1.82) is 0 Å². The number of pyridine rings is 1. The molecular weight excluding hydrogens is 376 g/mol. The molecule has 1 N–H and O–H groups in total. The van der Waals surface area contributed by atoms with Gasteiger partial charge < -0.3 is 5.32 Å². The first-order valence-corrected chi connectivity index (χ1v) is 8.33. The van der Waals surface area contributed by atoms with E-state index in [1.54, 1.807) is 12.3 Å². The lowest BCUT2D eigenvalue weighted by atomic mass is 9.99. The minimum Gasteiger partial charge on any atom is -0.345 e. The molecule has 116 valence electrons. The summed E-state index contributed by atoms with van der Waals surface area (Å²) in [7, 11) is 0. The van der Waals surface area contributed by atoms with Gasteiger partial charge in [-0.2, -0.15) is 0 Å². The zero-order chi connectivity index (χ0) is 16.4. The van der Waals surface area contributed by atoms with Crippen molar-refractivity contribution < 1.29 is 4.79 Å². The van der Waals surface area contributed by atoms with Crippen molar-refractivity contribution >= 4 is 44.2 Å². The van der Waals surface area contributed by atoms with Gasteiger partial charge in [-0.1, -0.05) is 54.1 Å². The zero-order valence-corrected chi connectivity index (χ0v) is 14.7. The Kier molecular flexibility index (Phi) is 4.64. The molecule has 1 heterocycles. The molecule has 5 heteroatoms. The predicted octanol–water partition coefficient (Wildman–Crippen LogP) is 5.14. The van der Waals surface area contributed by atoms with Gasteiger partial charge in [-0.25, -0.2) is 4.98 Å². The van der Waals surface area contributed by atoms with Crippen molar-refractivity contribution in [2.75, 3.05) is 0 Å². The van der Waals surface area contributed by atoms with E-state index in [0.717, 1.165) is 16.3 Å². The number of nitrogens with one attached hydrogen (secondary N) is 1. The molecule has 2 aromatic carbocycles. The second-order valence-corrected chi connectivity index (χ2v) is 6.53. The highest BCUT2D eigenvalue weighted by Crippen LogP contribution is 2.25. The maximum Gasteiger partial charge on any atom is 0.254 e. The van der Waals surface area contributed by atoms with Crippen molar-refractivity contribution in [2.24, 2.45) is 0 Å². The SMILES string of the molecule is CC(NC(=O)c1cc(Br)cnc1Cl)c1cccc2ccccc12. The van der Waals surface area contributed by atoms with E-state index in [1.165, 1.54) is 0 Å². The van der Waals surface area contributed by atoms with Crippen LogP contribution in [0.25, 0.3) is 10.8 Å². The first-order chi connectivity index (χ1) is 11.1. The lowest BCUT2D eigenvalue weighted by Crippen LogP contribution is -2.27. The van der Waals surface area contributed by atoms with E-state index in [-0.39, 0.29) is 17.1 Å². The molecule has 1 unspecified atom stereocenters. The molecule has 0 radical (unpaired) electrons. The van der Waals surface area contributed by atoms with Gasteiger partial charge in [0, 0.05) is 10.7 Å².